The van der Waals surface area contributed by atoms with Gasteiger partial charge in [0.1, 0.15) is 12.4 Å². The summed E-state index contributed by atoms with van der Waals surface area (Å²) in [5.41, 5.74) is 0.567. The number of esters is 1. The Balaban J connectivity index is 1.75. The van der Waals surface area contributed by atoms with Crippen molar-refractivity contribution >= 4 is 26.0 Å². The number of benzene rings is 1. The molecule has 1 aliphatic heterocycles. The molecule has 31 heavy (non-hydrogen) atoms. The van der Waals surface area contributed by atoms with E-state index in [9.17, 15) is 21.6 Å². The van der Waals surface area contributed by atoms with Crippen LogP contribution in [0.25, 0.3) is 0 Å². The van der Waals surface area contributed by atoms with Gasteiger partial charge in [0.2, 0.25) is 15.1 Å². The van der Waals surface area contributed by atoms with Crippen molar-refractivity contribution in [2.45, 2.75) is 23.5 Å². The van der Waals surface area contributed by atoms with E-state index in [0.29, 0.717) is 18.8 Å². The number of morpholine rings is 1. The molecule has 0 radical (unpaired) electrons. The summed E-state index contributed by atoms with van der Waals surface area (Å²) in [6.45, 7) is 2.46. The molecule has 0 aliphatic carbocycles. The molecule has 1 aromatic carbocycles. The number of aryl methyl sites for hydroxylation is 1. The van der Waals surface area contributed by atoms with Crippen LogP contribution in [0.15, 0.2) is 44.7 Å². The Kier molecular flexibility index (Phi) is 6.86. The van der Waals surface area contributed by atoms with Crippen LogP contribution < -0.4 is 0 Å². The SMILES string of the molecule is Cc1ccc(C(=O)OCc2ccc(S(=O)(=O)N(C)C)o2)cc1S(=O)(=O)N1CCOCC1. The minimum absolute atomic E-state index is 0.0289. The predicted octanol–water partition coefficient (Wildman–Crippen LogP) is 1.22. The van der Waals surface area contributed by atoms with Crippen LogP contribution in [-0.2, 0) is 36.1 Å². The van der Waals surface area contributed by atoms with Crippen LogP contribution in [0.1, 0.15) is 21.7 Å². The summed E-state index contributed by atoms with van der Waals surface area (Å²) >= 11 is 0. The van der Waals surface area contributed by atoms with Gasteiger partial charge in [-0.15, -0.1) is 0 Å². The van der Waals surface area contributed by atoms with E-state index in [4.69, 9.17) is 13.9 Å². The van der Waals surface area contributed by atoms with Crippen molar-refractivity contribution in [3.05, 3.63) is 47.2 Å². The van der Waals surface area contributed by atoms with E-state index >= 15 is 0 Å². The van der Waals surface area contributed by atoms with E-state index in [1.165, 1.54) is 42.7 Å². The molecule has 1 saturated heterocycles. The molecular formula is C19H24N2O8S2. The number of ether oxygens (including phenoxy) is 2. The summed E-state index contributed by atoms with van der Waals surface area (Å²) in [5, 5.41) is -0.266. The Morgan fingerprint density at radius 2 is 1.77 bits per heavy atom. The van der Waals surface area contributed by atoms with Gasteiger partial charge in [-0.2, -0.15) is 4.31 Å². The second-order valence-electron chi connectivity index (χ2n) is 7.08. The molecule has 0 amide bonds. The maximum absolute atomic E-state index is 13.0. The van der Waals surface area contributed by atoms with Crippen LogP contribution in [-0.4, -0.2) is 71.8 Å². The van der Waals surface area contributed by atoms with E-state index in [0.717, 1.165) is 4.31 Å². The number of nitrogens with zero attached hydrogens (tertiary/aromatic N) is 2. The average Bonchev–Trinajstić information content (AvgIpc) is 3.22. The summed E-state index contributed by atoms with van der Waals surface area (Å²) in [4.78, 5) is 12.5. The van der Waals surface area contributed by atoms with E-state index in [-0.39, 0.29) is 41.0 Å². The van der Waals surface area contributed by atoms with Crippen LogP contribution in [0.2, 0.25) is 0 Å². The van der Waals surface area contributed by atoms with E-state index in [1.54, 1.807) is 13.0 Å². The number of furan rings is 1. The highest BCUT2D eigenvalue weighted by molar-refractivity contribution is 7.89. The lowest BCUT2D eigenvalue weighted by Gasteiger charge is -2.26. The van der Waals surface area contributed by atoms with Gasteiger partial charge in [-0.25, -0.2) is 25.9 Å². The van der Waals surface area contributed by atoms with Gasteiger partial charge in [0.25, 0.3) is 10.0 Å². The van der Waals surface area contributed by atoms with E-state index in [2.05, 4.69) is 0 Å². The highest BCUT2D eigenvalue weighted by atomic mass is 32.2. The third-order valence-corrected chi connectivity index (χ3v) is 8.46. The zero-order valence-corrected chi connectivity index (χ0v) is 19.0. The number of rotatable bonds is 7. The van der Waals surface area contributed by atoms with Crippen molar-refractivity contribution in [1.29, 1.82) is 0 Å². The van der Waals surface area contributed by atoms with Gasteiger partial charge in [0.15, 0.2) is 0 Å². The maximum Gasteiger partial charge on any atom is 0.338 e. The minimum atomic E-state index is -3.78. The smallest absolute Gasteiger partial charge is 0.338 e. The maximum atomic E-state index is 13.0. The van der Waals surface area contributed by atoms with Crippen molar-refractivity contribution in [3.63, 3.8) is 0 Å². The molecule has 0 unspecified atom stereocenters. The zero-order chi connectivity index (χ0) is 22.8. The zero-order valence-electron chi connectivity index (χ0n) is 17.4. The first-order chi connectivity index (χ1) is 14.5. The fourth-order valence-corrected chi connectivity index (χ4v) is 5.38. The number of hydrogen-bond acceptors (Lipinski definition) is 8. The van der Waals surface area contributed by atoms with Crippen molar-refractivity contribution in [2.24, 2.45) is 0 Å². The molecule has 12 heteroatoms. The van der Waals surface area contributed by atoms with Crippen molar-refractivity contribution < 1.29 is 35.5 Å². The Morgan fingerprint density at radius 3 is 2.42 bits per heavy atom. The minimum Gasteiger partial charge on any atom is -0.454 e. The largest absolute Gasteiger partial charge is 0.454 e. The molecular weight excluding hydrogens is 448 g/mol. The normalized spacial score (nSPS) is 15.9. The van der Waals surface area contributed by atoms with Crippen molar-refractivity contribution in [1.82, 2.24) is 8.61 Å². The molecule has 0 saturated carbocycles. The lowest BCUT2D eigenvalue weighted by molar-refractivity contribution is 0.0440. The van der Waals surface area contributed by atoms with Gasteiger partial charge >= 0.3 is 5.97 Å². The third kappa shape index (κ3) is 4.99. The Hall–Kier alpha value is -2.25. The number of sulfonamides is 2. The fraction of sp³-hybridized carbons (Fsp3) is 0.421. The molecule has 170 valence electrons. The standard InChI is InChI=1S/C19H24N2O8S2/c1-14-4-5-15(12-17(14)30(23,24)21-8-10-27-11-9-21)19(22)28-13-16-6-7-18(29-16)31(25,26)20(2)3/h4-7,12H,8-11,13H2,1-3H3. The molecule has 2 aromatic rings. The second kappa shape index (κ2) is 9.09. The summed E-state index contributed by atoms with van der Waals surface area (Å²) < 4.78 is 68.0. The molecule has 1 aromatic heterocycles. The number of hydrogen-bond donors (Lipinski definition) is 0. The third-order valence-electron chi connectivity index (χ3n) is 4.73. The summed E-state index contributed by atoms with van der Waals surface area (Å²) in [6.07, 6.45) is 0. The van der Waals surface area contributed by atoms with Gasteiger partial charge in [0, 0.05) is 27.2 Å². The lowest BCUT2D eigenvalue weighted by atomic mass is 10.1. The predicted molar refractivity (Wildman–Crippen MR) is 109 cm³/mol. The van der Waals surface area contributed by atoms with Gasteiger partial charge in [-0.3, -0.25) is 0 Å². The Morgan fingerprint density at radius 1 is 1.10 bits per heavy atom. The molecule has 10 nitrogen and oxygen atoms in total. The molecule has 0 bridgehead atoms. The molecule has 2 heterocycles. The van der Waals surface area contributed by atoms with Crippen LogP contribution in [0.4, 0.5) is 0 Å². The van der Waals surface area contributed by atoms with Crippen LogP contribution in [0, 0.1) is 6.92 Å². The summed E-state index contributed by atoms with van der Waals surface area (Å²) in [6, 6.07) is 6.97. The highest BCUT2D eigenvalue weighted by Gasteiger charge is 2.29. The topological polar surface area (TPSA) is 123 Å². The van der Waals surface area contributed by atoms with Gasteiger partial charge in [-0.05, 0) is 36.8 Å². The Labute approximate surface area is 181 Å². The van der Waals surface area contributed by atoms with E-state index < -0.39 is 26.0 Å². The fourth-order valence-electron chi connectivity index (χ4n) is 2.91. The molecule has 3 rings (SSSR count). The van der Waals surface area contributed by atoms with Gasteiger partial charge in [-0.1, -0.05) is 6.07 Å². The first kappa shape index (κ1) is 23.4. The molecule has 0 atom stereocenters. The van der Waals surface area contributed by atoms with Gasteiger partial charge < -0.3 is 13.9 Å². The van der Waals surface area contributed by atoms with Crippen LogP contribution >= 0.6 is 0 Å². The molecule has 0 spiro atoms. The summed E-state index contributed by atoms with van der Waals surface area (Å²) in [5.74, 6) is -0.617. The molecule has 1 aliphatic rings. The van der Waals surface area contributed by atoms with Crippen molar-refractivity contribution in [3.8, 4) is 0 Å². The molecule has 1 fully saturated rings. The van der Waals surface area contributed by atoms with Crippen LogP contribution in [0.5, 0.6) is 0 Å². The average molecular weight is 473 g/mol. The van der Waals surface area contributed by atoms with E-state index in [1.807, 2.05) is 0 Å². The lowest BCUT2D eigenvalue weighted by Crippen LogP contribution is -2.40. The molecule has 0 N–H and O–H groups in total. The second-order valence-corrected chi connectivity index (χ2v) is 11.1. The first-order valence-electron chi connectivity index (χ1n) is 9.40. The van der Waals surface area contributed by atoms with Gasteiger partial charge in [0.05, 0.1) is 23.7 Å². The summed E-state index contributed by atoms with van der Waals surface area (Å²) in [7, 11) is -4.77. The number of carbonyl (C=O) groups is 1. The first-order valence-corrected chi connectivity index (χ1v) is 12.3. The highest BCUT2D eigenvalue weighted by Crippen LogP contribution is 2.23. The number of carbonyl (C=O) groups excluding carboxylic acids is 1. The van der Waals surface area contributed by atoms with Crippen LogP contribution in [0.3, 0.4) is 0 Å². The van der Waals surface area contributed by atoms with Crippen molar-refractivity contribution in [2.75, 3.05) is 40.4 Å². The quantitative estimate of drug-likeness (QED) is 0.551. The monoisotopic (exact) mass is 472 g/mol. The Bertz CT molecular complexity index is 1160.